The van der Waals surface area contributed by atoms with E-state index in [0.29, 0.717) is 5.41 Å². The van der Waals surface area contributed by atoms with Gasteiger partial charge in [-0.15, -0.1) is 0 Å². The first kappa shape index (κ1) is 9.48. The molecule has 0 bridgehead atoms. The fraction of sp³-hybridized carbons (Fsp3) is 0.600. The molecule has 0 fully saturated rings. The van der Waals surface area contributed by atoms with E-state index in [9.17, 15) is 0 Å². The molecule has 0 aliphatic heterocycles. The molecule has 0 rings (SSSR count). The van der Waals surface area contributed by atoms with Gasteiger partial charge in [0.1, 0.15) is 0 Å². The van der Waals surface area contributed by atoms with Crippen LogP contribution in [-0.4, -0.2) is 0 Å². The van der Waals surface area contributed by atoms with E-state index < -0.39 is 0 Å². The highest BCUT2D eigenvalue weighted by atomic mass is 14.2. The van der Waals surface area contributed by atoms with Crippen LogP contribution in [-0.2, 0) is 0 Å². The van der Waals surface area contributed by atoms with Gasteiger partial charge in [-0.25, -0.2) is 0 Å². The lowest BCUT2D eigenvalue weighted by molar-refractivity contribution is 0.504. The fourth-order valence-electron chi connectivity index (χ4n) is 0.491. The second kappa shape index (κ2) is 3.60. The SMILES string of the molecule is C/C=C\C=C(/C)C(C)(C)C. The molecule has 0 nitrogen and oxygen atoms in total. The molecule has 0 amide bonds. The molecule has 0 aromatic rings. The normalized spacial score (nSPS) is 14.7. The van der Waals surface area contributed by atoms with Crippen molar-refractivity contribution >= 4 is 0 Å². The highest BCUT2D eigenvalue weighted by Crippen LogP contribution is 2.23. The lowest BCUT2D eigenvalue weighted by Crippen LogP contribution is -2.05. The summed E-state index contributed by atoms with van der Waals surface area (Å²) in [5.41, 5.74) is 1.74. The van der Waals surface area contributed by atoms with Crippen molar-refractivity contribution in [2.24, 2.45) is 5.41 Å². The van der Waals surface area contributed by atoms with Crippen LogP contribution in [0.3, 0.4) is 0 Å². The lowest BCUT2D eigenvalue weighted by atomic mass is 9.87. The average molecular weight is 138 g/mol. The lowest BCUT2D eigenvalue weighted by Gasteiger charge is -2.18. The summed E-state index contributed by atoms with van der Waals surface area (Å²) in [6.45, 7) is 10.9. The van der Waals surface area contributed by atoms with Crippen molar-refractivity contribution in [3.8, 4) is 0 Å². The van der Waals surface area contributed by atoms with Crippen molar-refractivity contribution in [1.29, 1.82) is 0 Å². The Hall–Kier alpha value is -0.520. The van der Waals surface area contributed by atoms with Gasteiger partial charge in [-0.05, 0) is 19.3 Å². The number of rotatable bonds is 1. The van der Waals surface area contributed by atoms with E-state index in [4.69, 9.17) is 0 Å². The summed E-state index contributed by atoms with van der Waals surface area (Å²) in [5.74, 6) is 0. The van der Waals surface area contributed by atoms with Crippen molar-refractivity contribution in [2.45, 2.75) is 34.6 Å². The molecular weight excluding hydrogens is 120 g/mol. The molecule has 58 valence electrons. The summed E-state index contributed by atoms with van der Waals surface area (Å²) in [6.07, 6.45) is 6.30. The van der Waals surface area contributed by atoms with Crippen LogP contribution in [0.15, 0.2) is 23.8 Å². The molecular formula is C10H18. The van der Waals surface area contributed by atoms with Gasteiger partial charge in [0.25, 0.3) is 0 Å². The van der Waals surface area contributed by atoms with E-state index in [0.717, 1.165) is 0 Å². The Bertz CT molecular complexity index is 142. The Morgan fingerprint density at radius 1 is 1.20 bits per heavy atom. The van der Waals surface area contributed by atoms with Gasteiger partial charge >= 0.3 is 0 Å². The second-order valence-corrected chi connectivity index (χ2v) is 3.63. The Kier molecular flexibility index (Phi) is 3.41. The summed E-state index contributed by atoms with van der Waals surface area (Å²) in [5, 5.41) is 0. The van der Waals surface area contributed by atoms with Crippen LogP contribution in [0.2, 0.25) is 0 Å². The van der Waals surface area contributed by atoms with Crippen molar-refractivity contribution in [2.75, 3.05) is 0 Å². The molecule has 0 aromatic heterocycles. The summed E-state index contributed by atoms with van der Waals surface area (Å²) < 4.78 is 0. The molecule has 0 aromatic carbocycles. The molecule has 0 unspecified atom stereocenters. The molecule has 0 aliphatic rings. The highest BCUT2D eigenvalue weighted by Gasteiger charge is 2.10. The van der Waals surface area contributed by atoms with E-state index in [-0.39, 0.29) is 0 Å². The van der Waals surface area contributed by atoms with Crippen LogP contribution in [0.4, 0.5) is 0 Å². The van der Waals surface area contributed by atoms with Gasteiger partial charge in [0.15, 0.2) is 0 Å². The van der Waals surface area contributed by atoms with Gasteiger partial charge in [-0.2, -0.15) is 0 Å². The van der Waals surface area contributed by atoms with Crippen molar-refractivity contribution < 1.29 is 0 Å². The van der Waals surface area contributed by atoms with E-state index >= 15 is 0 Å². The third-order valence-corrected chi connectivity index (χ3v) is 1.72. The molecule has 0 atom stereocenters. The van der Waals surface area contributed by atoms with Crippen LogP contribution >= 0.6 is 0 Å². The van der Waals surface area contributed by atoms with Gasteiger partial charge < -0.3 is 0 Å². The predicted octanol–water partition coefficient (Wildman–Crippen LogP) is 3.55. The zero-order chi connectivity index (χ0) is 8.20. The smallest absolute Gasteiger partial charge is 0.0173 e. The van der Waals surface area contributed by atoms with Crippen molar-refractivity contribution in [3.05, 3.63) is 23.8 Å². The van der Waals surface area contributed by atoms with Gasteiger partial charge in [-0.3, -0.25) is 0 Å². The molecule has 0 saturated heterocycles. The Balaban J connectivity index is 4.20. The Morgan fingerprint density at radius 2 is 1.70 bits per heavy atom. The van der Waals surface area contributed by atoms with Crippen LogP contribution in [0.5, 0.6) is 0 Å². The molecule has 0 aliphatic carbocycles. The van der Waals surface area contributed by atoms with Gasteiger partial charge in [0.05, 0.1) is 0 Å². The predicted molar refractivity (Wildman–Crippen MR) is 48.0 cm³/mol. The maximum atomic E-state index is 2.22. The van der Waals surface area contributed by atoms with E-state index in [1.165, 1.54) is 5.57 Å². The zero-order valence-corrected chi connectivity index (χ0v) is 7.73. The molecule has 0 saturated carbocycles. The van der Waals surface area contributed by atoms with Crippen molar-refractivity contribution in [1.82, 2.24) is 0 Å². The fourth-order valence-corrected chi connectivity index (χ4v) is 0.491. The monoisotopic (exact) mass is 138 g/mol. The summed E-state index contributed by atoms with van der Waals surface area (Å²) >= 11 is 0. The highest BCUT2D eigenvalue weighted by molar-refractivity contribution is 5.15. The standard InChI is InChI=1S/C10H18/c1-6-7-8-9(2)10(3,4)5/h6-8H,1-5H3/b7-6-,9-8+. The maximum absolute atomic E-state index is 2.22. The Morgan fingerprint density at radius 3 is 2.00 bits per heavy atom. The number of hydrogen-bond acceptors (Lipinski definition) is 0. The molecule has 10 heavy (non-hydrogen) atoms. The minimum absolute atomic E-state index is 0.319. The number of hydrogen-bond donors (Lipinski definition) is 0. The van der Waals surface area contributed by atoms with Gasteiger partial charge in [-0.1, -0.05) is 44.6 Å². The summed E-state index contributed by atoms with van der Waals surface area (Å²) in [4.78, 5) is 0. The van der Waals surface area contributed by atoms with Crippen molar-refractivity contribution in [3.63, 3.8) is 0 Å². The average Bonchev–Trinajstić information content (AvgIpc) is 1.80. The third-order valence-electron chi connectivity index (χ3n) is 1.72. The zero-order valence-electron chi connectivity index (χ0n) is 7.73. The first-order valence-electron chi connectivity index (χ1n) is 3.78. The third kappa shape index (κ3) is 3.49. The first-order chi connectivity index (χ1) is 4.48. The number of allylic oxidation sites excluding steroid dienone is 4. The van der Waals surface area contributed by atoms with E-state index in [1.807, 2.05) is 6.92 Å². The first-order valence-corrected chi connectivity index (χ1v) is 3.78. The molecule has 0 heteroatoms. The minimum Gasteiger partial charge on any atom is -0.0877 e. The van der Waals surface area contributed by atoms with Crippen LogP contribution in [0.1, 0.15) is 34.6 Å². The molecule has 0 N–H and O–H groups in total. The Labute approximate surface area is 64.6 Å². The molecule has 0 spiro atoms. The van der Waals surface area contributed by atoms with Crippen LogP contribution in [0.25, 0.3) is 0 Å². The topological polar surface area (TPSA) is 0 Å². The van der Waals surface area contributed by atoms with Crippen LogP contribution in [0, 0.1) is 5.41 Å². The molecule has 0 heterocycles. The summed E-state index contributed by atoms with van der Waals surface area (Å²) in [6, 6.07) is 0. The largest absolute Gasteiger partial charge is 0.0877 e. The maximum Gasteiger partial charge on any atom is -0.0173 e. The molecule has 0 radical (unpaired) electrons. The summed E-state index contributed by atoms with van der Waals surface area (Å²) in [7, 11) is 0. The second-order valence-electron chi connectivity index (χ2n) is 3.63. The van der Waals surface area contributed by atoms with Crippen LogP contribution < -0.4 is 0 Å². The quantitative estimate of drug-likeness (QED) is 0.486. The van der Waals surface area contributed by atoms with E-state index in [2.05, 4.69) is 45.9 Å². The van der Waals surface area contributed by atoms with Gasteiger partial charge in [0.2, 0.25) is 0 Å². The van der Waals surface area contributed by atoms with E-state index in [1.54, 1.807) is 0 Å². The minimum atomic E-state index is 0.319. The van der Waals surface area contributed by atoms with Gasteiger partial charge in [0, 0.05) is 0 Å².